The third kappa shape index (κ3) is 3.68. The smallest absolute Gasteiger partial charge is 0.166 e. The van der Waals surface area contributed by atoms with Gasteiger partial charge in [-0.25, -0.2) is 4.98 Å². The van der Waals surface area contributed by atoms with E-state index in [2.05, 4.69) is 37.8 Å². The number of hydrogen-bond donors (Lipinski definition) is 1. The Bertz CT molecular complexity index is 1110. The van der Waals surface area contributed by atoms with Crippen molar-refractivity contribution in [2.75, 3.05) is 19.4 Å². The van der Waals surface area contributed by atoms with Gasteiger partial charge in [0, 0.05) is 30.4 Å². The number of hydrogen-bond acceptors (Lipinski definition) is 7. The molecule has 0 aliphatic heterocycles. The Morgan fingerprint density at radius 3 is 2.74 bits per heavy atom. The first-order chi connectivity index (χ1) is 12.9. The van der Waals surface area contributed by atoms with E-state index >= 15 is 0 Å². The van der Waals surface area contributed by atoms with Crippen molar-refractivity contribution in [2.24, 2.45) is 7.05 Å². The minimum atomic E-state index is 0.409. The van der Waals surface area contributed by atoms with Crippen molar-refractivity contribution in [1.82, 2.24) is 28.7 Å². The van der Waals surface area contributed by atoms with Gasteiger partial charge in [0.05, 0.1) is 21.6 Å². The molecule has 27 heavy (non-hydrogen) atoms. The normalized spacial score (nSPS) is 11.6. The van der Waals surface area contributed by atoms with E-state index in [0.29, 0.717) is 10.8 Å². The van der Waals surface area contributed by atoms with Crippen LogP contribution in [0.4, 0.5) is 10.8 Å². The van der Waals surface area contributed by atoms with Crippen LogP contribution in [0, 0.1) is 6.92 Å². The maximum absolute atomic E-state index is 6.30. The number of aryl methyl sites for hydroxylation is 2. The molecule has 0 bridgehead atoms. The van der Waals surface area contributed by atoms with Crippen LogP contribution < -0.4 is 5.32 Å². The fraction of sp³-hybridized carbons (Fsp3) is 0.235. The molecule has 0 saturated carbocycles. The minimum absolute atomic E-state index is 0.409. The molecule has 140 valence electrons. The molecule has 4 aromatic rings. The topological polar surface area (TPSA) is 63.3 Å². The summed E-state index contributed by atoms with van der Waals surface area (Å²) in [6.45, 7) is 2.11. The van der Waals surface area contributed by atoms with Gasteiger partial charge in [0.15, 0.2) is 5.65 Å². The van der Waals surface area contributed by atoms with Gasteiger partial charge >= 0.3 is 0 Å². The van der Waals surface area contributed by atoms with Gasteiger partial charge in [0.2, 0.25) is 0 Å². The highest BCUT2D eigenvalue weighted by Crippen LogP contribution is 2.37. The first kappa shape index (κ1) is 18.3. The predicted molar refractivity (Wildman–Crippen MR) is 112 cm³/mol. The zero-order valence-corrected chi connectivity index (χ0v) is 17.7. The van der Waals surface area contributed by atoms with E-state index in [1.165, 1.54) is 9.77 Å². The molecular formula is C17H18ClN7S2. The molecule has 4 aromatic heterocycles. The van der Waals surface area contributed by atoms with Gasteiger partial charge in [0.25, 0.3) is 0 Å². The van der Waals surface area contributed by atoms with Gasteiger partial charge in [0.1, 0.15) is 11.0 Å². The maximum atomic E-state index is 6.30. The van der Waals surface area contributed by atoms with Crippen LogP contribution in [0.25, 0.3) is 16.8 Å². The van der Waals surface area contributed by atoms with E-state index in [9.17, 15) is 0 Å². The van der Waals surface area contributed by atoms with Crippen LogP contribution in [-0.4, -0.2) is 42.8 Å². The number of nitrogens with zero attached hydrogens (tertiary/aromatic N) is 6. The van der Waals surface area contributed by atoms with Crippen LogP contribution in [0.3, 0.4) is 0 Å². The van der Waals surface area contributed by atoms with E-state index in [0.717, 1.165) is 21.9 Å². The number of thiophene rings is 1. The monoisotopic (exact) mass is 419 g/mol. The Balaban J connectivity index is 1.73. The van der Waals surface area contributed by atoms with Crippen molar-refractivity contribution in [3.63, 3.8) is 0 Å². The quantitative estimate of drug-likeness (QED) is 0.380. The Hall–Kier alpha value is -2.07. The molecule has 1 N–H and O–H groups in total. The number of anilines is 2. The summed E-state index contributed by atoms with van der Waals surface area (Å²) < 4.78 is 6.84. The second-order valence-electron chi connectivity index (χ2n) is 6.27. The van der Waals surface area contributed by atoms with Gasteiger partial charge in [-0.2, -0.15) is 14.7 Å². The van der Waals surface area contributed by atoms with Gasteiger partial charge in [-0.3, -0.25) is 8.99 Å². The first-order valence-electron chi connectivity index (χ1n) is 8.17. The number of aromatic nitrogens is 5. The highest BCUT2D eigenvalue weighted by atomic mass is 35.5. The van der Waals surface area contributed by atoms with Crippen LogP contribution in [0.15, 0.2) is 34.9 Å². The van der Waals surface area contributed by atoms with Crippen LogP contribution in [0.2, 0.25) is 5.15 Å². The van der Waals surface area contributed by atoms with Crippen molar-refractivity contribution >= 4 is 51.4 Å². The SMILES string of the molecule is Cc1cc(Nc2cc(Cl)nc3c(-c4cnn(C)c4)cnn23)sc1SN(C)C. The molecule has 7 nitrogen and oxygen atoms in total. The predicted octanol–water partition coefficient (Wildman–Crippen LogP) is 4.47. The number of fused-ring (bicyclic) bond motifs is 1. The third-order valence-electron chi connectivity index (χ3n) is 3.85. The van der Waals surface area contributed by atoms with Crippen LogP contribution in [-0.2, 0) is 7.05 Å². The fourth-order valence-corrected chi connectivity index (χ4v) is 5.09. The van der Waals surface area contributed by atoms with Gasteiger partial charge in [-0.05, 0) is 44.6 Å². The van der Waals surface area contributed by atoms with E-state index in [1.807, 2.05) is 27.3 Å². The fourth-order valence-electron chi connectivity index (χ4n) is 2.70. The Morgan fingerprint density at radius 2 is 2.04 bits per heavy atom. The molecule has 0 aliphatic rings. The lowest BCUT2D eigenvalue weighted by Crippen LogP contribution is -2.00. The Labute approximate surface area is 170 Å². The standard InChI is InChI=1S/C17H18ClN7S2/c1-10-5-15(26-17(10)27-23(2)3)22-14-6-13(18)21-16-12(8-20-25(14)16)11-7-19-24(4)9-11/h5-9,22H,1-4H3. The van der Waals surface area contributed by atoms with E-state index in [4.69, 9.17) is 11.6 Å². The molecule has 0 atom stereocenters. The van der Waals surface area contributed by atoms with Crippen LogP contribution in [0.1, 0.15) is 5.56 Å². The molecule has 0 unspecified atom stereocenters. The zero-order valence-electron chi connectivity index (χ0n) is 15.3. The zero-order chi connectivity index (χ0) is 19.1. The second kappa shape index (κ2) is 7.16. The summed E-state index contributed by atoms with van der Waals surface area (Å²) in [5, 5.41) is 13.6. The summed E-state index contributed by atoms with van der Waals surface area (Å²) >= 11 is 9.70. The highest BCUT2D eigenvalue weighted by molar-refractivity contribution is 7.99. The summed E-state index contributed by atoms with van der Waals surface area (Å²) in [7, 11) is 5.95. The summed E-state index contributed by atoms with van der Waals surface area (Å²) in [6.07, 6.45) is 5.51. The lowest BCUT2D eigenvalue weighted by atomic mass is 10.2. The van der Waals surface area contributed by atoms with E-state index in [-0.39, 0.29) is 0 Å². The molecule has 4 heterocycles. The van der Waals surface area contributed by atoms with Crippen molar-refractivity contribution < 1.29 is 0 Å². The lowest BCUT2D eigenvalue weighted by molar-refractivity contribution is 0.703. The molecule has 0 radical (unpaired) electrons. The van der Waals surface area contributed by atoms with E-state index in [1.54, 1.807) is 50.9 Å². The molecule has 0 saturated heterocycles. The lowest BCUT2D eigenvalue weighted by Gasteiger charge is -2.08. The minimum Gasteiger partial charge on any atom is -0.332 e. The van der Waals surface area contributed by atoms with Gasteiger partial charge in [-0.1, -0.05) is 11.6 Å². The number of halogens is 1. The Morgan fingerprint density at radius 1 is 1.22 bits per heavy atom. The van der Waals surface area contributed by atoms with E-state index < -0.39 is 0 Å². The molecule has 0 aromatic carbocycles. The summed E-state index contributed by atoms with van der Waals surface area (Å²) in [5.74, 6) is 0.766. The molecule has 0 amide bonds. The number of rotatable bonds is 5. The summed E-state index contributed by atoms with van der Waals surface area (Å²) in [4.78, 5) is 4.47. The van der Waals surface area contributed by atoms with Crippen LogP contribution in [0.5, 0.6) is 0 Å². The third-order valence-corrected chi connectivity index (χ3v) is 6.31. The maximum Gasteiger partial charge on any atom is 0.166 e. The van der Waals surface area contributed by atoms with Crippen molar-refractivity contribution in [1.29, 1.82) is 0 Å². The van der Waals surface area contributed by atoms with Crippen molar-refractivity contribution in [2.45, 2.75) is 11.1 Å². The van der Waals surface area contributed by atoms with Gasteiger partial charge in [-0.15, -0.1) is 11.3 Å². The second-order valence-corrected chi connectivity index (χ2v) is 9.29. The summed E-state index contributed by atoms with van der Waals surface area (Å²) in [6, 6.07) is 3.91. The molecule has 0 aliphatic carbocycles. The average Bonchev–Trinajstić information content (AvgIpc) is 3.27. The van der Waals surface area contributed by atoms with Crippen molar-refractivity contribution in [3.8, 4) is 11.1 Å². The van der Waals surface area contributed by atoms with Crippen LogP contribution >= 0.6 is 34.9 Å². The molecular weight excluding hydrogens is 402 g/mol. The molecule has 10 heteroatoms. The van der Waals surface area contributed by atoms with Gasteiger partial charge < -0.3 is 5.32 Å². The Kier molecular flexibility index (Phi) is 4.85. The largest absolute Gasteiger partial charge is 0.332 e. The summed E-state index contributed by atoms with van der Waals surface area (Å²) in [5.41, 5.74) is 3.76. The average molecular weight is 420 g/mol. The highest BCUT2D eigenvalue weighted by Gasteiger charge is 2.15. The van der Waals surface area contributed by atoms with Crippen molar-refractivity contribution in [3.05, 3.63) is 41.4 Å². The molecule has 4 rings (SSSR count). The molecule has 0 spiro atoms. The molecule has 0 fully saturated rings. The first-order valence-corrected chi connectivity index (χ1v) is 10.1. The number of nitrogens with one attached hydrogen (secondary N) is 1.